The van der Waals surface area contributed by atoms with Gasteiger partial charge in [0.2, 0.25) is 0 Å². The molecule has 0 aliphatic rings. The number of imidazole rings is 1. The lowest BCUT2D eigenvalue weighted by Crippen LogP contribution is -2.22. The zero-order valence-electron chi connectivity index (χ0n) is 83.7. The predicted molar refractivity (Wildman–Crippen MR) is 499 cm³/mol. The van der Waals surface area contributed by atoms with Crippen LogP contribution in [-0.4, -0.2) is 148 Å². The number of hydrogen-bond acceptors (Lipinski definition) is 17. The average Bonchev–Trinajstić information content (AvgIpc) is 1.73. The van der Waals surface area contributed by atoms with Gasteiger partial charge in [-0.2, -0.15) is 56.1 Å². The van der Waals surface area contributed by atoms with Gasteiger partial charge in [-0.25, -0.2) is 34.0 Å². The maximum atomic E-state index is 4.30. The molecule has 680 valence electrons. The highest BCUT2D eigenvalue weighted by Crippen LogP contribution is 2.24. The minimum Gasteiger partial charge on any atom is -0.332 e. The third-order valence-corrected chi connectivity index (χ3v) is 17.0. The molecule has 0 fully saturated rings. The van der Waals surface area contributed by atoms with Gasteiger partial charge in [0.25, 0.3) is 0 Å². The van der Waals surface area contributed by atoms with Crippen LogP contribution in [0.5, 0.6) is 0 Å². The summed E-state index contributed by atoms with van der Waals surface area (Å²) in [6.45, 7) is 89.1. The quantitative estimate of drug-likeness (QED) is 0.127. The molecule has 0 atom stereocenters. The van der Waals surface area contributed by atoms with Gasteiger partial charge in [-0.15, -0.1) is 10.2 Å². The Balaban J connectivity index is 0.000000661. The standard InChI is InChI=1S/3C8H14N2.2C7H13N3.6C7H12N2.2C6H11N3/c1-8(2,3)7-5-9-10(4)6-7;1-7-5-9-10(6-7)8(2,3)4;1-8(2,3)7-5-6-10(4)9-7;2*1-6-8-5-10(9-6)7(2,3)4;1-7(2,3)6-4-8-9-5-6;1-7(2,3)9-5-4-8-6-9;2*1-7(2,3)9-6-4-5-8-9;2*1-7(2,3)6-4-5-8-9-6;1-6(2,3)9-4-7-8-5-9;1-6(2,3)9-5-7-4-8-9/h3*5-6H,1-4H3;2*5H,1-4H3;4-5H,1-3H3,(H,8,9);3*4-6H,1-3H3;2*4-5H,1-3H3,(H,8,9);2*4-5H,1-3H3. The highest BCUT2D eigenvalue weighted by molar-refractivity contribution is 5.16. The van der Waals surface area contributed by atoms with Crippen molar-refractivity contribution in [3.63, 3.8) is 0 Å². The SMILES string of the molecule is CC(C)(C)c1ccn[nH]1.CC(C)(C)c1ccn[nH]1.CC(C)(C)c1cn[nH]c1.CC(C)(C)n1cccn1.CC(C)(C)n1cccn1.CC(C)(C)n1ccnc1.CC(C)(C)n1cncn1.CC(C)(C)n1cnnc1.Cc1cnn(C(C)(C)C)c1.Cc1ncn(C(C)(C)C)n1.Cc1ncn(C(C)(C)C)n1.Cn1cc(C(C)(C)C)cn1.Cn1ccc(C(C)(C)C)n1. The van der Waals surface area contributed by atoms with Crippen LogP contribution in [0, 0.1) is 20.8 Å². The van der Waals surface area contributed by atoms with Crippen LogP contribution in [0.25, 0.3) is 0 Å². The van der Waals surface area contributed by atoms with Crippen molar-refractivity contribution in [2.75, 3.05) is 0 Å². The van der Waals surface area contributed by atoms with Crippen LogP contribution in [0.2, 0.25) is 0 Å². The van der Waals surface area contributed by atoms with E-state index in [1.807, 2.05) is 150 Å². The van der Waals surface area contributed by atoms with Gasteiger partial charge in [-0.3, -0.25) is 38.7 Å². The molecule has 0 bridgehead atoms. The van der Waals surface area contributed by atoms with E-state index in [1.165, 1.54) is 28.1 Å². The summed E-state index contributed by atoms with van der Waals surface area (Å²) < 4.78 is 19.1. The fourth-order valence-electron chi connectivity index (χ4n) is 8.84. The normalized spacial score (nSPS) is 11.9. The van der Waals surface area contributed by atoms with Crippen molar-refractivity contribution in [2.45, 2.75) is 362 Å². The number of nitrogens with one attached hydrogen (secondary N) is 3. The zero-order valence-corrected chi connectivity index (χ0v) is 83.7. The molecular weight excluding hydrogens is 1530 g/mol. The molecule has 13 aromatic heterocycles. The van der Waals surface area contributed by atoms with E-state index in [4.69, 9.17) is 0 Å². The van der Waals surface area contributed by atoms with Crippen molar-refractivity contribution in [1.29, 1.82) is 0 Å². The fraction of sp³-hybridized carbons (Fsp3) is 0.620. The lowest BCUT2D eigenvalue weighted by molar-refractivity contribution is 0.353. The molecular formula is C92H162N30. The summed E-state index contributed by atoms with van der Waals surface area (Å²) in [5.74, 6) is 1.66. The Hall–Kier alpha value is -10.6. The van der Waals surface area contributed by atoms with Gasteiger partial charge in [0.1, 0.15) is 49.6 Å². The van der Waals surface area contributed by atoms with Crippen LogP contribution in [0.3, 0.4) is 0 Å². The molecule has 0 saturated carbocycles. The van der Waals surface area contributed by atoms with Crippen LogP contribution in [0.4, 0.5) is 0 Å². The van der Waals surface area contributed by atoms with Crippen molar-refractivity contribution in [1.82, 2.24) is 148 Å². The number of aryl methyl sites for hydroxylation is 5. The lowest BCUT2D eigenvalue weighted by Gasteiger charge is -2.19. The van der Waals surface area contributed by atoms with Crippen molar-refractivity contribution in [3.8, 4) is 0 Å². The van der Waals surface area contributed by atoms with E-state index in [0.717, 1.165) is 17.3 Å². The Bertz CT molecular complexity index is 3860. The Morgan fingerprint density at radius 1 is 0.303 bits per heavy atom. The summed E-state index contributed by atoms with van der Waals surface area (Å²) in [6.07, 6.45) is 40.6. The molecule has 0 aliphatic carbocycles. The molecule has 30 nitrogen and oxygen atoms in total. The molecule has 13 rings (SSSR count). The summed E-state index contributed by atoms with van der Waals surface area (Å²) in [6, 6.07) is 9.93. The van der Waals surface area contributed by atoms with E-state index in [1.54, 1.807) is 68.9 Å². The first-order valence-electron chi connectivity index (χ1n) is 41.8. The van der Waals surface area contributed by atoms with Crippen LogP contribution >= 0.6 is 0 Å². The molecule has 0 unspecified atom stereocenters. The Labute approximate surface area is 733 Å². The number of nitrogens with zero attached hydrogens (tertiary/aromatic N) is 27. The third kappa shape index (κ3) is 45.4. The summed E-state index contributed by atoms with van der Waals surface area (Å²) in [5, 5.41) is 60.8. The highest BCUT2D eigenvalue weighted by Gasteiger charge is 2.21. The van der Waals surface area contributed by atoms with Gasteiger partial charge in [0, 0.05) is 127 Å². The van der Waals surface area contributed by atoms with Gasteiger partial charge in [0.15, 0.2) is 0 Å². The van der Waals surface area contributed by atoms with E-state index in [2.05, 4.69) is 401 Å². The highest BCUT2D eigenvalue weighted by atomic mass is 15.4. The monoisotopic (exact) mass is 1690 g/mol. The Morgan fingerprint density at radius 2 is 0.738 bits per heavy atom. The summed E-state index contributed by atoms with van der Waals surface area (Å²) in [5.41, 5.74) is 9.17. The molecule has 13 aromatic rings. The van der Waals surface area contributed by atoms with E-state index in [9.17, 15) is 0 Å². The zero-order chi connectivity index (χ0) is 94.1. The van der Waals surface area contributed by atoms with Crippen molar-refractivity contribution >= 4 is 0 Å². The first kappa shape index (κ1) is 109. The maximum Gasteiger partial charge on any atom is 0.147 e. The first-order valence-corrected chi connectivity index (χ1v) is 41.8. The molecule has 122 heavy (non-hydrogen) atoms. The van der Waals surface area contributed by atoms with Gasteiger partial charge in [-0.05, 0) is 245 Å². The van der Waals surface area contributed by atoms with Gasteiger partial charge in [-0.1, -0.05) is 104 Å². The summed E-state index contributed by atoms with van der Waals surface area (Å²) >= 11 is 0. The second kappa shape index (κ2) is 46.6. The molecule has 0 spiro atoms. The number of aromatic amines is 3. The van der Waals surface area contributed by atoms with Crippen LogP contribution in [0.1, 0.15) is 315 Å². The smallest absolute Gasteiger partial charge is 0.147 e. The van der Waals surface area contributed by atoms with Gasteiger partial charge >= 0.3 is 0 Å². The van der Waals surface area contributed by atoms with E-state index < -0.39 is 0 Å². The fourth-order valence-corrected chi connectivity index (χ4v) is 8.84. The van der Waals surface area contributed by atoms with Gasteiger partial charge in [0.05, 0.1) is 63.8 Å². The van der Waals surface area contributed by atoms with Crippen LogP contribution in [-0.2, 0) is 85.5 Å². The molecule has 13 heterocycles. The number of aromatic nitrogens is 30. The Morgan fingerprint density at radius 3 is 0.902 bits per heavy atom. The molecule has 0 aliphatic heterocycles. The molecule has 0 saturated heterocycles. The Kier molecular flexibility index (Phi) is 41.8. The summed E-state index contributed by atoms with van der Waals surface area (Å²) in [4.78, 5) is 15.9. The minimum absolute atomic E-state index is 0.0568. The lowest BCUT2D eigenvalue weighted by atomic mass is 9.90. The molecule has 0 aromatic carbocycles. The van der Waals surface area contributed by atoms with Crippen molar-refractivity contribution in [2.24, 2.45) is 14.1 Å². The minimum atomic E-state index is 0.0568. The van der Waals surface area contributed by atoms with Crippen LogP contribution < -0.4 is 0 Å². The van der Waals surface area contributed by atoms with Gasteiger partial charge < -0.3 is 9.13 Å². The number of rotatable bonds is 0. The molecule has 30 heteroatoms. The van der Waals surface area contributed by atoms with E-state index >= 15 is 0 Å². The van der Waals surface area contributed by atoms with E-state index in [0.29, 0.717) is 0 Å². The average molecular weight is 1690 g/mol. The summed E-state index contributed by atoms with van der Waals surface area (Å²) in [7, 11) is 3.88. The predicted octanol–water partition coefficient (Wildman–Crippen LogP) is 20.2. The van der Waals surface area contributed by atoms with Crippen molar-refractivity contribution in [3.05, 3.63) is 213 Å². The van der Waals surface area contributed by atoms with E-state index in [-0.39, 0.29) is 71.4 Å². The second-order valence-corrected chi connectivity index (χ2v) is 42.8. The van der Waals surface area contributed by atoms with Crippen molar-refractivity contribution < 1.29 is 0 Å². The molecule has 3 N–H and O–H groups in total. The maximum absolute atomic E-state index is 4.30. The third-order valence-electron chi connectivity index (χ3n) is 17.0. The first-order chi connectivity index (χ1) is 55.3. The number of hydrogen-bond donors (Lipinski definition) is 3. The molecule has 0 radical (unpaired) electrons. The number of H-pyrrole nitrogens is 3. The largest absolute Gasteiger partial charge is 0.332 e. The van der Waals surface area contributed by atoms with Crippen LogP contribution in [0.15, 0.2) is 168 Å². The molecule has 0 amide bonds. The second-order valence-electron chi connectivity index (χ2n) is 42.8. The topological polar surface area (TPSA) is 316 Å².